The van der Waals surface area contributed by atoms with Crippen LogP contribution in [0.25, 0.3) is 0 Å². The van der Waals surface area contributed by atoms with Crippen molar-refractivity contribution in [1.82, 2.24) is 10.2 Å². The first-order valence-corrected chi connectivity index (χ1v) is 7.81. The van der Waals surface area contributed by atoms with E-state index >= 15 is 0 Å². The number of para-hydroxylation sites is 1. The summed E-state index contributed by atoms with van der Waals surface area (Å²) in [6.45, 7) is 0.937. The molecule has 2 N–H and O–H groups in total. The monoisotopic (exact) mass is 452 g/mol. The van der Waals surface area contributed by atoms with Crippen molar-refractivity contribution in [3.05, 3.63) is 30.3 Å². The van der Waals surface area contributed by atoms with Gasteiger partial charge in [0.2, 0.25) is 5.91 Å². The van der Waals surface area contributed by atoms with E-state index in [9.17, 15) is 13.6 Å². The number of benzene rings is 1. The molecule has 24 heavy (non-hydrogen) atoms. The highest BCUT2D eigenvalue weighted by molar-refractivity contribution is 14.0. The maximum atomic E-state index is 12.1. The van der Waals surface area contributed by atoms with Crippen LogP contribution in [0.4, 0.5) is 14.5 Å². The Hall–Kier alpha value is -1.45. The lowest BCUT2D eigenvalue weighted by atomic mass is 10.1. The Morgan fingerprint density at radius 2 is 1.83 bits per heavy atom. The smallest absolute Gasteiger partial charge is 0.255 e. The number of hydrogen-bond acceptors (Lipinski definition) is 2. The van der Waals surface area contributed by atoms with Crippen LogP contribution in [0, 0.1) is 0 Å². The van der Waals surface area contributed by atoms with Gasteiger partial charge in [0.25, 0.3) is 6.43 Å². The number of carbonyl (C=O) groups excluding carboxylic acids is 1. The lowest BCUT2D eigenvalue weighted by Gasteiger charge is -2.30. The van der Waals surface area contributed by atoms with Crippen LogP contribution in [0.3, 0.4) is 0 Å². The number of anilines is 1. The van der Waals surface area contributed by atoms with E-state index in [0.29, 0.717) is 5.96 Å². The third-order valence-corrected chi connectivity index (χ3v) is 3.51. The molecule has 0 aromatic heterocycles. The molecule has 0 unspecified atom stereocenters. The number of nitrogens with zero attached hydrogens (tertiary/aromatic N) is 2. The fourth-order valence-corrected chi connectivity index (χ4v) is 2.37. The molecule has 134 valence electrons. The topological polar surface area (TPSA) is 56.7 Å². The zero-order valence-corrected chi connectivity index (χ0v) is 15.7. The van der Waals surface area contributed by atoms with Crippen LogP contribution in [0.5, 0.6) is 0 Å². The van der Waals surface area contributed by atoms with Crippen LogP contribution in [0.2, 0.25) is 0 Å². The van der Waals surface area contributed by atoms with Crippen molar-refractivity contribution in [2.24, 2.45) is 4.99 Å². The van der Waals surface area contributed by atoms with Crippen LogP contribution in [-0.4, -0.2) is 49.4 Å². The van der Waals surface area contributed by atoms with Gasteiger partial charge in [0.05, 0.1) is 6.54 Å². The summed E-state index contributed by atoms with van der Waals surface area (Å²) in [7, 11) is 0. The number of nitrogens with one attached hydrogen (secondary N) is 2. The number of alkyl halides is 2. The second kappa shape index (κ2) is 11.2. The van der Waals surface area contributed by atoms with Crippen molar-refractivity contribution >= 4 is 41.5 Å². The second-order valence-corrected chi connectivity index (χ2v) is 5.37. The Bertz CT molecular complexity index is 522. The molecule has 1 aromatic rings. The van der Waals surface area contributed by atoms with Crippen molar-refractivity contribution < 1.29 is 13.6 Å². The predicted molar refractivity (Wildman–Crippen MR) is 102 cm³/mol. The van der Waals surface area contributed by atoms with Crippen molar-refractivity contribution in [3.8, 4) is 0 Å². The Morgan fingerprint density at radius 1 is 1.17 bits per heavy atom. The summed E-state index contributed by atoms with van der Waals surface area (Å²) in [6.07, 6.45) is 0.788. The van der Waals surface area contributed by atoms with Gasteiger partial charge in [-0.15, -0.1) is 24.0 Å². The molecular formula is C16H23F2IN4O. The zero-order valence-electron chi connectivity index (χ0n) is 13.4. The first-order chi connectivity index (χ1) is 11.1. The minimum atomic E-state index is -2.55. The van der Waals surface area contributed by atoms with Crippen LogP contribution in [0.15, 0.2) is 35.3 Å². The summed E-state index contributed by atoms with van der Waals surface area (Å²) in [5.74, 6) is 0.109. The van der Waals surface area contributed by atoms with Gasteiger partial charge in [-0.05, 0) is 31.4 Å². The average molecular weight is 452 g/mol. The van der Waals surface area contributed by atoms with E-state index in [1.807, 2.05) is 30.3 Å². The molecule has 0 atom stereocenters. The number of halogens is 3. The van der Waals surface area contributed by atoms with Gasteiger partial charge in [-0.1, -0.05) is 18.2 Å². The lowest BCUT2D eigenvalue weighted by Crippen LogP contribution is -2.41. The van der Waals surface area contributed by atoms with Crippen molar-refractivity contribution in [2.75, 3.05) is 31.5 Å². The Labute approximate surface area is 157 Å². The van der Waals surface area contributed by atoms with E-state index in [-0.39, 0.29) is 30.5 Å². The van der Waals surface area contributed by atoms with Crippen LogP contribution < -0.4 is 10.6 Å². The number of hydrogen-bond donors (Lipinski definition) is 2. The predicted octanol–water partition coefficient (Wildman–Crippen LogP) is 2.94. The Morgan fingerprint density at radius 3 is 2.46 bits per heavy atom. The molecule has 1 amide bonds. The first kappa shape index (κ1) is 20.6. The molecule has 1 aromatic carbocycles. The highest BCUT2D eigenvalue weighted by atomic mass is 127. The van der Waals surface area contributed by atoms with Crippen LogP contribution >= 0.6 is 24.0 Å². The molecule has 0 saturated carbocycles. The van der Waals surface area contributed by atoms with Gasteiger partial charge in [-0.3, -0.25) is 4.79 Å². The van der Waals surface area contributed by atoms with Gasteiger partial charge < -0.3 is 15.5 Å². The molecule has 1 aliphatic rings. The third-order valence-electron chi connectivity index (χ3n) is 3.51. The molecule has 0 spiro atoms. The number of rotatable bonds is 5. The number of piperidine rings is 1. The van der Waals surface area contributed by atoms with Gasteiger partial charge in [-0.2, -0.15) is 0 Å². The Balaban J connectivity index is 0.00000288. The van der Waals surface area contributed by atoms with E-state index in [4.69, 9.17) is 0 Å². The van der Waals surface area contributed by atoms with E-state index in [1.54, 1.807) is 0 Å². The highest BCUT2D eigenvalue weighted by Crippen LogP contribution is 2.12. The summed E-state index contributed by atoms with van der Waals surface area (Å²) < 4.78 is 24.2. The van der Waals surface area contributed by atoms with Crippen molar-refractivity contribution in [1.29, 1.82) is 0 Å². The minimum Gasteiger partial charge on any atom is -0.349 e. The number of aliphatic imine (C=N–C) groups is 1. The maximum Gasteiger partial charge on any atom is 0.255 e. The molecule has 0 aliphatic carbocycles. The normalized spacial score (nSPS) is 15.0. The first-order valence-electron chi connectivity index (χ1n) is 7.81. The summed E-state index contributed by atoms with van der Waals surface area (Å²) >= 11 is 0. The van der Waals surface area contributed by atoms with Crippen molar-refractivity contribution in [2.45, 2.75) is 25.7 Å². The van der Waals surface area contributed by atoms with Crippen molar-refractivity contribution in [3.63, 3.8) is 0 Å². The molecule has 0 radical (unpaired) electrons. The lowest BCUT2D eigenvalue weighted by molar-refractivity contribution is -0.120. The Kier molecular flexibility index (Phi) is 9.58. The quantitative estimate of drug-likeness (QED) is 0.411. The number of guanidine groups is 1. The van der Waals surface area contributed by atoms with Gasteiger partial charge >= 0.3 is 0 Å². The maximum absolute atomic E-state index is 12.1. The standard InChI is InChI=1S/C16H22F2N4O.HI/c17-14(18)11-19-15(23)12-20-16(22-9-5-2-6-10-22)21-13-7-3-1-4-8-13;/h1,3-4,7-8,14H,2,5-6,9-12H2,(H,19,23)(H,20,21);1H. The van der Waals surface area contributed by atoms with E-state index in [2.05, 4.69) is 20.5 Å². The van der Waals surface area contributed by atoms with Gasteiger partial charge in [0.1, 0.15) is 6.54 Å². The van der Waals surface area contributed by atoms with Gasteiger partial charge in [-0.25, -0.2) is 13.8 Å². The zero-order chi connectivity index (χ0) is 16.5. The number of carbonyl (C=O) groups is 1. The van der Waals surface area contributed by atoms with E-state index in [1.165, 1.54) is 6.42 Å². The second-order valence-electron chi connectivity index (χ2n) is 5.37. The van der Waals surface area contributed by atoms with Crippen LogP contribution in [-0.2, 0) is 4.79 Å². The van der Waals surface area contributed by atoms with Gasteiger partial charge in [0, 0.05) is 18.8 Å². The fourth-order valence-electron chi connectivity index (χ4n) is 2.37. The average Bonchev–Trinajstić information content (AvgIpc) is 2.58. The number of likely N-dealkylation sites (tertiary alicyclic amines) is 1. The molecule has 5 nitrogen and oxygen atoms in total. The number of amides is 1. The van der Waals surface area contributed by atoms with Gasteiger partial charge in [0.15, 0.2) is 5.96 Å². The molecule has 8 heteroatoms. The SMILES string of the molecule is I.O=C(CN=C(Nc1ccccc1)N1CCCCC1)NCC(F)F. The molecule has 1 fully saturated rings. The molecular weight excluding hydrogens is 429 g/mol. The molecule has 0 bridgehead atoms. The molecule has 1 saturated heterocycles. The summed E-state index contributed by atoms with van der Waals surface area (Å²) in [4.78, 5) is 18.0. The third kappa shape index (κ3) is 7.41. The van der Waals surface area contributed by atoms with E-state index < -0.39 is 18.9 Å². The summed E-state index contributed by atoms with van der Waals surface area (Å²) in [6, 6.07) is 9.56. The van der Waals surface area contributed by atoms with E-state index in [0.717, 1.165) is 31.6 Å². The largest absolute Gasteiger partial charge is 0.349 e. The molecule has 1 aliphatic heterocycles. The summed E-state index contributed by atoms with van der Waals surface area (Å²) in [5, 5.41) is 5.38. The summed E-state index contributed by atoms with van der Waals surface area (Å²) in [5.41, 5.74) is 0.879. The molecule has 2 rings (SSSR count). The minimum absolute atomic E-state index is 0. The highest BCUT2D eigenvalue weighted by Gasteiger charge is 2.15. The fraction of sp³-hybridized carbons (Fsp3) is 0.500. The van der Waals surface area contributed by atoms with Crippen LogP contribution in [0.1, 0.15) is 19.3 Å². The molecule has 1 heterocycles.